The van der Waals surface area contributed by atoms with Gasteiger partial charge < -0.3 is 19.9 Å². The number of carbonyl (C=O) groups excluding carboxylic acids is 1. The van der Waals surface area contributed by atoms with Crippen LogP contribution in [0.1, 0.15) is 10.4 Å². The van der Waals surface area contributed by atoms with Crippen LogP contribution in [0.15, 0.2) is 96.2 Å². The molecule has 0 saturated carbocycles. The van der Waals surface area contributed by atoms with Gasteiger partial charge in [-0.05, 0) is 48.0 Å². The first kappa shape index (κ1) is 25.0. The smallest absolute Gasteiger partial charge is 0.252 e. The highest BCUT2D eigenvalue weighted by Crippen LogP contribution is 2.32. The van der Waals surface area contributed by atoms with Gasteiger partial charge in [0.25, 0.3) is 5.91 Å². The van der Waals surface area contributed by atoms with Gasteiger partial charge in [-0.3, -0.25) is 9.78 Å². The number of benzene rings is 3. The molecule has 0 spiro atoms. The Labute approximate surface area is 212 Å². The van der Waals surface area contributed by atoms with Gasteiger partial charge in [0.2, 0.25) is 4.90 Å². The molecule has 184 valence electrons. The maximum atomic E-state index is 14.3. The van der Waals surface area contributed by atoms with E-state index in [2.05, 4.69) is 20.3 Å². The van der Waals surface area contributed by atoms with Crippen molar-refractivity contribution in [3.63, 3.8) is 0 Å². The van der Waals surface area contributed by atoms with E-state index in [0.29, 0.717) is 46.1 Å². The van der Waals surface area contributed by atoms with Gasteiger partial charge in [0, 0.05) is 42.8 Å². The molecule has 0 aliphatic heterocycles. The molecule has 3 N–H and O–H groups in total. The first-order valence-electron chi connectivity index (χ1n) is 11.2. The number of amides is 1. The summed E-state index contributed by atoms with van der Waals surface area (Å²) in [5.41, 5.74) is 2.93. The van der Waals surface area contributed by atoms with Gasteiger partial charge in [-0.15, -0.1) is 0 Å². The fourth-order valence-electron chi connectivity index (χ4n) is 3.52. The zero-order chi connectivity index (χ0) is 25.3. The van der Waals surface area contributed by atoms with E-state index in [4.69, 9.17) is 4.74 Å². The third kappa shape index (κ3) is 6.32. The van der Waals surface area contributed by atoms with Crippen molar-refractivity contribution in [3.05, 3.63) is 103 Å². The summed E-state index contributed by atoms with van der Waals surface area (Å²) in [6, 6.07) is 22.2. The third-order valence-corrected chi connectivity index (χ3v) is 6.42. The third-order valence-electron chi connectivity index (χ3n) is 5.28. The molecule has 1 unspecified atom stereocenters. The Morgan fingerprint density at radius 2 is 1.83 bits per heavy atom. The summed E-state index contributed by atoms with van der Waals surface area (Å²) in [6.07, 6.45) is 3.13. The zero-order valence-corrected chi connectivity index (χ0v) is 20.3. The molecule has 36 heavy (non-hydrogen) atoms. The lowest BCUT2D eigenvalue weighted by Gasteiger charge is -2.16. The lowest BCUT2D eigenvalue weighted by Crippen LogP contribution is -2.28. The molecule has 0 aliphatic rings. The molecule has 1 atom stereocenters. The molecule has 9 heteroatoms. The Bertz CT molecular complexity index is 1320. The van der Waals surface area contributed by atoms with E-state index in [9.17, 15) is 13.7 Å². The van der Waals surface area contributed by atoms with Crippen LogP contribution in [0, 0.1) is 5.82 Å². The van der Waals surface area contributed by atoms with Crippen molar-refractivity contribution >= 4 is 28.6 Å². The minimum atomic E-state index is -1.67. The molecule has 0 fully saturated rings. The number of hydrogen-bond donors (Lipinski definition) is 3. The van der Waals surface area contributed by atoms with Crippen LogP contribution in [0.3, 0.4) is 0 Å². The quantitative estimate of drug-likeness (QED) is 0.211. The fourth-order valence-corrected chi connectivity index (χ4v) is 4.54. The summed E-state index contributed by atoms with van der Waals surface area (Å²) < 4.78 is 35.8. The predicted molar refractivity (Wildman–Crippen MR) is 140 cm³/mol. The van der Waals surface area contributed by atoms with E-state index < -0.39 is 11.4 Å². The van der Waals surface area contributed by atoms with Crippen molar-refractivity contribution in [2.75, 3.05) is 30.2 Å². The van der Waals surface area contributed by atoms with Crippen LogP contribution in [0.5, 0.6) is 5.75 Å². The van der Waals surface area contributed by atoms with Crippen LogP contribution in [-0.4, -0.2) is 35.6 Å². The molecular formula is C27H25FN4O3S. The average molecular weight is 505 g/mol. The van der Waals surface area contributed by atoms with Gasteiger partial charge in [-0.1, -0.05) is 30.3 Å². The molecule has 0 bridgehead atoms. The molecular weight excluding hydrogens is 479 g/mol. The van der Waals surface area contributed by atoms with Gasteiger partial charge in [-0.25, -0.2) is 9.11 Å². The Hall–Kier alpha value is -4.08. The molecule has 0 aliphatic carbocycles. The second-order valence-electron chi connectivity index (χ2n) is 7.72. The first-order chi connectivity index (χ1) is 17.5. The number of aromatic nitrogens is 1. The molecule has 1 heterocycles. The second-order valence-corrected chi connectivity index (χ2v) is 8.90. The number of anilines is 2. The monoisotopic (exact) mass is 504 g/mol. The van der Waals surface area contributed by atoms with E-state index >= 15 is 0 Å². The van der Waals surface area contributed by atoms with Crippen molar-refractivity contribution in [2.45, 2.75) is 4.90 Å². The van der Waals surface area contributed by atoms with Gasteiger partial charge in [-0.2, -0.15) is 0 Å². The maximum absolute atomic E-state index is 14.3. The fraction of sp³-hybridized carbons (Fsp3) is 0.111. The van der Waals surface area contributed by atoms with Crippen molar-refractivity contribution < 1.29 is 18.5 Å². The highest BCUT2D eigenvalue weighted by Gasteiger charge is 2.20. The number of rotatable bonds is 10. The average Bonchev–Trinajstić information content (AvgIpc) is 2.91. The molecule has 7 nitrogen and oxygen atoms in total. The highest BCUT2D eigenvalue weighted by atomic mass is 32.2. The van der Waals surface area contributed by atoms with Gasteiger partial charge in [0.15, 0.2) is 5.75 Å². The molecule has 1 amide bonds. The van der Waals surface area contributed by atoms with Crippen LogP contribution < -0.4 is 20.1 Å². The SMILES string of the molecule is COc1ccc(-c2ccccc2F)cc1[S+]([O-])Nc1cccc(NCCNC(=O)c2cccnc2)c1. The summed E-state index contributed by atoms with van der Waals surface area (Å²) in [4.78, 5) is 16.4. The van der Waals surface area contributed by atoms with Crippen molar-refractivity contribution in [2.24, 2.45) is 0 Å². The Balaban J connectivity index is 1.39. The van der Waals surface area contributed by atoms with Crippen LogP contribution in [0.2, 0.25) is 0 Å². The molecule has 4 rings (SSSR count). The second kappa shape index (κ2) is 12.1. The predicted octanol–water partition coefficient (Wildman–Crippen LogP) is 4.87. The zero-order valence-electron chi connectivity index (χ0n) is 19.5. The van der Waals surface area contributed by atoms with E-state index in [-0.39, 0.29) is 11.7 Å². The number of carbonyl (C=O) groups is 1. The summed E-state index contributed by atoms with van der Waals surface area (Å²) >= 11 is -1.67. The van der Waals surface area contributed by atoms with Gasteiger partial charge in [0.1, 0.15) is 17.2 Å². The summed E-state index contributed by atoms with van der Waals surface area (Å²) in [5, 5.41) is 6.06. The number of nitrogens with zero attached hydrogens (tertiary/aromatic N) is 1. The summed E-state index contributed by atoms with van der Waals surface area (Å²) in [7, 11) is 1.50. The van der Waals surface area contributed by atoms with Crippen LogP contribution in [-0.2, 0) is 11.4 Å². The number of hydrogen-bond acceptors (Lipinski definition) is 6. The Morgan fingerprint density at radius 1 is 1.00 bits per heavy atom. The standard InChI is InChI=1S/C27H25FN4O3S/c1-35-25-12-11-19(23-9-2-3-10-24(23)28)16-26(25)36(34)32-22-8-4-7-21(17-22)30-14-15-31-27(33)20-6-5-13-29-18-20/h2-13,16-18,30,32H,14-15H2,1H3,(H,31,33). The Kier molecular flexibility index (Phi) is 8.38. The van der Waals surface area contributed by atoms with Crippen molar-refractivity contribution in [1.82, 2.24) is 10.3 Å². The number of methoxy groups -OCH3 is 1. The van der Waals surface area contributed by atoms with Crippen molar-refractivity contribution in [3.8, 4) is 16.9 Å². The van der Waals surface area contributed by atoms with Gasteiger partial charge in [0.05, 0.1) is 18.4 Å². The molecule has 0 radical (unpaired) electrons. The number of ether oxygens (including phenoxy) is 1. The highest BCUT2D eigenvalue weighted by molar-refractivity contribution is 7.92. The van der Waals surface area contributed by atoms with Gasteiger partial charge >= 0.3 is 0 Å². The van der Waals surface area contributed by atoms with Crippen LogP contribution in [0.4, 0.5) is 15.8 Å². The van der Waals surface area contributed by atoms with E-state index in [0.717, 1.165) is 5.69 Å². The molecule has 1 aromatic heterocycles. The number of nitrogens with one attached hydrogen (secondary N) is 3. The maximum Gasteiger partial charge on any atom is 0.252 e. The Morgan fingerprint density at radius 3 is 2.61 bits per heavy atom. The van der Waals surface area contributed by atoms with E-state index in [1.54, 1.807) is 60.8 Å². The lowest BCUT2D eigenvalue weighted by atomic mass is 10.1. The lowest BCUT2D eigenvalue weighted by molar-refractivity contribution is 0.0955. The molecule has 4 aromatic rings. The minimum absolute atomic E-state index is 0.192. The molecule has 3 aromatic carbocycles. The minimum Gasteiger partial charge on any atom is -0.588 e. The first-order valence-corrected chi connectivity index (χ1v) is 12.3. The van der Waals surface area contributed by atoms with Crippen molar-refractivity contribution in [1.29, 1.82) is 0 Å². The normalized spacial score (nSPS) is 11.4. The van der Waals surface area contributed by atoms with E-state index in [1.165, 1.54) is 19.4 Å². The topological polar surface area (TPSA) is 98.3 Å². The van der Waals surface area contributed by atoms with Crippen LogP contribution >= 0.6 is 0 Å². The molecule has 0 saturated heterocycles. The summed E-state index contributed by atoms with van der Waals surface area (Å²) in [6.45, 7) is 0.911. The number of pyridine rings is 1. The summed E-state index contributed by atoms with van der Waals surface area (Å²) in [5.74, 6) is -0.121. The largest absolute Gasteiger partial charge is 0.588 e. The van der Waals surface area contributed by atoms with E-state index in [1.807, 2.05) is 18.2 Å². The van der Waals surface area contributed by atoms with Crippen LogP contribution in [0.25, 0.3) is 11.1 Å². The number of halogens is 1.